The Morgan fingerprint density at radius 1 is 1.36 bits per heavy atom. The van der Waals surface area contributed by atoms with Crippen LogP contribution in [0.15, 0.2) is 39.6 Å². The van der Waals surface area contributed by atoms with Crippen LogP contribution in [-0.4, -0.2) is 21.1 Å². The number of carbonyl (C=O) groups excluding carboxylic acids is 1. The van der Waals surface area contributed by atoms with Gasteiger partial charge >= 0.3 is 5.97 Å². The van der Waals surface area contributed by atoms with Gasteiger partial charge in [0.05, 0.1) is 16.6 Å². The van der Waals surface area contributed by atoms with Crippen LogP contribution in [0.3, 0.4) is 0 Å². The predicted octanol–water partition coefficient (Wildman–Crippen LogP) is 2.14. The number of rotatable bonds is 3. The summed E-state index contributed by atoms with van der Waals surface area (Å²) in [6.07, 6.45) is -0.727. The van der Waals surface area contributed by atoms with Gasteiger partial charge in [0.25, 0.3) is 5.56 Å². The molecule has 0 amide bonds. The van der Waals surface area contributed by atoms with Gasteiger partial charge in [-0.2, -0.15) is 0 Å². The quantitative estimate of drug-likeness (QED) is 0.744. The first-order chi connectivity index (χ1) is 10.5. The first-order valence-corrected chi connectivity index (χ1v) is 6.68. The van der Waals surface area contributed by atoms with Crippen LogP contribution >= 0.6 is 0 Å². The van der Waals surface area contributed by atoms with Crippen LogP contribution in [0.25, 0.3) is 10.9 Å². The summed E-state index contributed by atoms with van der Waals surface area (Å²) in [5.41, 5.74) is 0.843. The van der Waals surface area contributed by atoms with E-state index in [-0.39, 0.29) is 17.1 Å². The zero-order valence-corrected chi connectivity index (χ0v) is 12.0. The van der Waals surface area contributed by atoms with E-state index in [0.717, 1.165) is 0 Å². The lowest BCUT2D eigenvalue weighted by Gasteiger charge is -2.11. The molecule has 0 unspecified atom stereocenters. The number of nitrogens with zero attached hydrogens (tertiary/aromatic N) is 2. The first-order valence-electron chi connectivity index (χ1n) is 6.68. The van der Waals surface area contributed by atoms with E-state index in [1.165, 1.54) is 6.07 Å². The highest BCUT2D eigenvalue weighted by atomic mass is 16.6. The molecule has 7 heteroatoms. The van der Waals surface area contributed by atoms with Crippen LogP contribution in [0.5, 0.6) is 0 Å². The Labute approximate surface area is 124 Å². The SMILES string of the molecule is Cc1cc(C(=O)O[C@H](C)c2nc3ccccc3c(=O)[nH]2)on1. The highest BCUT2D eigenvalue weighted by molar-refractivity contribution is 5.86. The third-order valence-corrected chi connectivity index (χ3v) is 3.13. The monoisotopic (exact) mass is 299 g/mol. The van der Waals surface area contributed by atoms with E-state index in [9.17, 15) is 9.59 Å². The van der Waals surface area contributed by atoms with Gasteiger partial charge in [-0.15, -0.1) is 0 Å². The number of aromatic nitrogens is 3. The molecule has 1 aromatic carbocycles. The number of esters is 1. The van der Waals surface area contributed by atoms with E-state index in [1.807, 2.05) is 0 Å². The molecule has 1 atom stereocenters. The molecule has 2 heterocycles. The highest BCUT2D eigenvalue weighted by Crippen LogP contribution is 2.16. The second-order valence-corrected chi connectivity index (χ2v) is 4.85. The van der Waals surface area contributed by atoms with Crippen LogP contribution in [-0.2, 0) is 4.74 Å². The largest absolute Gasteiger partial charge is 0.449 e. The van der Waals surface area contributed by atoms with Crippen LogP contribution in [0.4, 0.5) is 0 Å². The maximum absolute atomic E-state index is 12.0. The van der Waals surface area contributed by atoms with Gasteiger partial charge in [-0.1, -0.05) is 17.3 Å². The van der Waals surface area contributed by atoms with Crippen molar-refractivity contribution in [2.75, 3.05) is 0 Å². The van der Waals surface area contributed by atoms with Crippen LogP contribution in [0.2, 0.25) is 0 Å². The van der Waals surface area contributed by atoms with Crippen molar-refractivity contribution in [3.05, 3.63) is 58.0 Å². The van der Waals surface area contributed by atoms with Gasteiger partial charge in [0.1, 0.15) is 0 Å². The molecule has 0 aliphatic carbocycles. The molecule has 1 N–H and O–H groups in total. The first kappa shape index (κ1) is 14.0. The molecule has 0 saturated heterocycles. The molecule has 22 heavy (non-hydrogen) atoms. The standard InChI is InChI=1S/C15H13N3O4/c1-8-7-12(22-18-8)15(20)21-9(2)13-16-11-6-4-3-5-10(11)14(19)17-13/h3-7,9H,1-2H3,(H,16,17,19)/t9-/m1/s1. The van der Waals surface area contributed by atoms with Crippen molar-refractivity contribution >= 4 is 16.9 Å². The molecule has 3 aromatic rings. The Kier molecular flexibility index (Phi) is 3.46. The van der Waals surface area contributed by atoms with E-state index in [0.29, 0.717) is 16.6 Å². The topological polar surface area (TPSA) is 98.1 Å². The molecule has 2 aromatic heterocycles. The third kappa shape index (κ3) is 2.60. The number of aryl methyl sites for hydroxylation is 1. The van der Waals surface area contributed by atoms with E-state index in [1.54, 1.807) is 38.1 Å². The molecular weight excluding hydrogens is 286 g/mol. The van der Waals surface area contributed by atoms with Gasteiger partial charge in [0.2, 0.25) is 5.76 Å². The van der Waals surface area contributed by atoms with Crippen molar-refractivity contribution in [1.82, 2.24) is 15.1 Å². The Morgan fingerprint density at radius 2 is 2.14 bits per heavy atom. The number of ether oxygens (including phenoxy) is 1. The van der Waals surface area contributed by atoms with Crippen LogP contribution in [0, 0.1) is 6.92 Å². The van der Waals surface area contributed by atoms with E-state index in [2.05, 4.69) is 15.1 Å². The number of carbonyl (C=O) groups is 1. The van der Waals surface area contributed by atoms with Crippen molar-refractivity contribution in [1.29, 1.82) is 0 Å². The molecule has 0 saturated carbocycles. The number of hydrogen-bond acceptors (Lipinski definition) is 6. The number of H-pyrrole nitrogens is 1. The van der Waals surface area contributed by atoms with Gasteiger partial charge in [-0.05, 0) is 26.0 Å². The van der Waals surface area contributed by atoms with Crippen molar-refractivity contribution in [2.45, 2.75) is 20.0 Å². The summed E-state index contributed by atoms with van der Waals surface area (Å²) >= 11 is 0. The van der Waals surface area contributed by atoms with Gasteiger partial charge in [-0.25, -0.2) is 9.78 Å². The van der Waals surface area contributed by atoms with Gasteiger partial charge in [0, 0.05) is 6.07 Å². The Balaban J connectivity index is 1.87. The lowest BCUT2D eigenvalue weighted by Crippen LogP contribution is -2.17. The normalized spacial score (nSPS) is 12.3. The second kappa shape index (κ2) is 5.44. The lowest BCUT2D eigenvalue weighted by molar-refractivity contribution is 0.0274. The van der Waals surface area contributed by atoms with E-state index >= 15 is 0 Å². The molecule has 3 rings (SSSR count). The molecule has 0 aliphatic rings. The molecule has 0 spiro atoms. The minimum Gasteiger partial charge on any atom is -0.449 e. The summed E-state index contributed by atoms with van der Waals surface area (Å²) in [7, 11) is 0. The lowest BCUT2D eigenvalue weighted by atomic mass is 10.2. The Morgan fingerprint density at radius 3 is 2.86 bits per heavy atom. The zero-order valence-electron chi connectivity index (χ0n) is 12.0. The third-order valence-electron chi connectivity index (χ3n) is 3.13. The zero-order chi connectivity index (χ0) is 15.7. The smallest absolute Gasteiger partial charge is 0.377 e. The van der Waals surface area contributed by atoms with Gasteiger partial charge < -0.3 is 14.2 Å². The fourth-order valence-corrected chi connectivity index (χ4v) is 2.03. The summed E-state index contributed by atoms with van der Waals surface area (Å²) in [6.45, 7) is 3.32. The fourth-order valence-electron chi connectivity index (χ4n) is 2.03. The minimum absolute atomic E-state index is 0.00693. The van der Waals surface area contributed by atoms with Crippen molar-refractivity contribution in [3.63, 3.8) is 0 Å². The van der Waals surface area contributed by atoms with E-state index < -0.39 is 12.1 Å². The molecule has 112 valence electrons. The maximum Gasteiger partial charge on any atom is 0.377 e. The van der Waals surface area contributed by atoms with Crippen molar-refractivity contribution in [2.24, 2.45) is 0 Å². The van der Waals surface area contributed by atoms with Crippen molar-refractivity contribution in [3.8, 4) is 0 Å². The molecule has 7 nitrogen and oxygen atoms in total. The molecular formula is C15H13N3O4. The van der Waals surface area contributed by atoms with Gasteiger partial charge in [-0.3, -0.25) is 4.79 Å². The van der Waals surface area contributed by atoms with Gasteiger partial charge in [0.15, 0.2) is 11.9 Å². The maximum atomic E-state index is 12.0. The molecule has 0 radical (unpaired) electrons. The summed E-state index contributed by atoms with van der Waals surface area (Å²) in [5, 5.41) is 4.11. The van der Waals surface area contributed by atoms with Crippen molar-refractivity contribution < 1.29 is 14.1 Å². The summed E-state index contributed by atoms with van der Waals surface area (Å²) < 4.78 is 10.1. The molecule has 0 aliphatic heterocycles. The number of nitrogens with one attached hydrogen (secondary N) is 1. The van der Waals surface area contributed by atoms with E-state index in [4.69, 9.17) is 9.26 Å². The molecule has 0 fully saturated rings. The number of benzene rings is 1. The number of aromatic amines is 1. The number of para-hydroxylation sites is 1. The Hall–Kier alpha value is -2.96. The summed E-state index contributed by atoms with van der Waals surface area (Å²) in [5.74, 6) is -0.385. The average Bonchev–Trinajstić information content (AvgIpc) is 2.94. The van der Waals surface area contributed by atoms with Crippen LogP contribution < -0.4 is 5.56 Å². The molecule has 0 bridgehead atoms. The fraction of sp³-hybridized carbons (Fsp3) is 0.200. The Bertz CT molecular complexity index is 897. The average molecular weight is 299 g/mol. The summed E-state index contributed by atoms with van der Waals surface area (Å²) in [4.78, 5) is 30.8. The van der Waals surface area contributed by atoms with Crippen LogP contribution in [0.1, 0.15) is 35.1 Å². The summed E-state index contributed by atoms with van der Waals surface area (Å²) in [6, 6.07) is 8.42. The minimum atomic E-state index is -0.727. The predicted molar refractivity (Wildman–Crippen MR) is 77.4 cm³/mol. The number of hydrogen-bond donors (Lipinski definition) is 1. The number of fused-ring (bicyclic) bond motifs is 1. The second-order valence-electron chi connectivity index (χ2n) is 4.85. The highest BCUT2D eigenvalue weighted by Gasteiger charge is 2.19.